The number of sulfone groups is 1. The lowest BCUT2D eigenvalue weighted by Gasteiger charge is -2.08. The first-order chi connectivity index (χ1) is 10.8. The van der Waals surface area contributed by atoms with Crippen LogP contribution in [-0.2, 0) is 14.6 Å². The van der Waals surface area contributed by atoms with E-state index in [1.54, 1.807) is 21.0 Å². The summed E-state index contributed by atoms with van der Waals surface area (Å²) >= 11 is 0. The lowest BCUT2D eigenvalue weighted by atomic mass is 10.1. The molecule has 0 unspecified atom stereocenters. The SMILES string of the molecule is COc1ccc(NCC(=O)CCCCCS(=O)(=O)C(C)C)cc1. The zero-order valence-electron chi connectivity index (χ0n) is 14.2. The number of carbonyl (C=O) groups is 1. The number of ether oxygens (including phenoxy) is 1. The quantitative estimate of drug-likeness (QED) is 0.626. The Bertz CT molecular complexity index is 579. The summed E-state index contributed by atoms with van der Waals surface area (Å²) in [4.78, 5) is 11.8. The Labute approximate surface area is 139 Å². The fourth-order valence-corrected chi connectivity index (χ4v) is 3.11. The summed E-state index contributed by atoms with van der Waals surface area (Å²) in [5.74, 6) is 1.12. The Balaban J connectivity index is 2.17. The molecule has 1 aromatic carbocycles. The van der Waals surface area contributed by atoms with Crippen LogP contribution in [0.3, 0.4) is 0 Å². The van der Waals surface area contributed by atoms with Crippen LogP contribution in [0.1, 0.15) is 39.5 Å². The van der Waals surface area contributed by atoms with Gasteiger partial charge in [0.1, 0.15) is 5.75 Å². The van der Waals surface area contributed by atoms with E-state index in [0.29, 0.717) is 12.8 Å². The fraction of sp³-hybridized carbons (Fsp3) is 0.588. The number of Topliss-reactive ketones (excluding diaryl/α,β-unsaturated/α-hetero) is 1. The van der Waals surface area contributed by atoms with E-state index in [1.807, 2.05) is 24.3 Å². The van der Waals surface area contributed by atoms with Crippen LogP contribution in [0.5, 0.6) is 5.75 Å². The van der Waals surface area contributed by atoms with E-state index in [9.17, 15) is 13.2 Å². The standard InChI is InChI=1S/C17H27NO4S/c1-14(2)23(20,21)12-6-4-5-7-16(19)13-18-15-8-10-17(22-3)11-9-15/h8-11,14,18H,4-7,12-13H2,1-3H3. The minimum atomic E-state index is -2.96. The lowest BCUT2D eigenvalue weighted by molar-refractivity contribution is -0.117. The van der Waals surface area contributed by atoms with Crippen molar-refractivity contribution < 1.29 is 17.9 Å². The van der Waals surface area contributed by atoms with E-state index in [2.05, 4.69) is 5.32 Å². The van der Waals surface area contributed by atoms with Crippen LogP contribution in [0.25, 0.3) is 0 Å². The fourth-order valence-electron chi connectivity index (χ4n) is 2.04. The van der Waals surface area contributed by atoms with Gasteiger partial charge in [-0.3, -0.25) is 4.79 Å². The van der Waals surface area contributed by atoms with Crippen molar-refractivity contribution in [3.05, 3.63) is 24.3 Å². The number of ketones is 1. The molecule has 0 bridgehead atoms. The van der Waals surface area contributed by atoms with Gasteiger partial charge in [0.25, 0.3) is 0 Å². The van der Waals surface area contributed by atoms with Crippen molar-refractivity contribution in [2.24, 2.45) is 0 Å². The Hall–Kier alpha value is -1.56. The molecule has 0 aliphatic rings. The molecule has 0 spiro atoms. The first-order valence-electron chi connectivity index (χ1n) is 7.96. The molecule has 23 heavy (non-hydrogen) atoms. The zero-order chi connectivity index (χ0) is 17.3. The second-order valence-corrected chi connectivity index (χ2v) is 8.52. The van der Waals surface area contributed by atoms with Crippen LogP contribution < -0.4 is 10.1 Å². The van der Waals surface area contributed by atoms with Crippen LogP contribution in [0.2, 0.25) is 0 Å². The summed E-state index contributed by atoms with van der Waals surface area (Å²) in [6.45, 7) is 3.68. The van der Waals surface area contributed by atoms with E-state index in [0.717, 1.165) is 24.3 Å². The molecule has 0 saturated heterocycles. The monoisotopic (exact) mass is 341 g/mol. The van der Waals surface area contributed by atoms with Gasteiger partial charge in [-0.2, -0.15) is 0 Å². The topological polar surface area (TPSA) is 72.5 Å². The van der Waals surface area contributed by atoms with Crippen LogP contribution in [0, 0.1) is 0 Å². The van der Waals surface area contributed by atoms with Crippen molar-refractivity contribution in [2.45, 2.75) is 44.8 Å². The molecule has 1 aromatic rings. The summed E-state index contributed by atoms with van der Waals surface area (Å²) in [6, 6.07) is 7.40. The summed E-state index contributed by atoms with van der Waals surface area (Å²) in [7, 11) is -1.35. The number of hydrogen-bond donors (Lipinski definition) is 1. The predicted molar refractivity (Wildman–Crippen MR) is 93.9 cm³/mol. The molecule has 0 aliphatic carbocycles. The second kappa shape index (κ2) is 9.55. The summed E-state index contributed by atoms with van der Waals surface area (Å²) in [6.07, 6.45) is 2.60. The van der Waals surface area contributed by atoms with Crippen molar-refractivity contribution in [2.75, 3.05) is 24.7 Å². The van der Waals surface area contributed by atoms with E-state index in [-0.39, 0.29) is 23.3 Å². The molecular formula is C17H27NO4S. The molecule has 6 heteroatoms. The maximum absolute atomic E-state index is 11.8. The Morgan fingerprint density at radius 3 is 2.35 bits per heavy atom. The summed E-state index contributed by atoms with van der Waals surface area (Å²) in [5.41, 5.74) is 0.877. The van der Waals surface area contributed by atoms with E-state index in [4.69, 9.17) is 4.74 Å². The summed E-state index contributed by atoms with van der Waals surface area (Å²) in [5, 5.41) is 2.75. The van der Waals surface area contributed by atoms with Gasteiger partial charge in [-0.05, 0) is 51.0 Å². The van der Waals surface area contributed by atoms with Gasteiger partial charge >= 0.3 is 0 Å². The Morgan fingerprint density at radius 1 is 1.13 bits per heavy atom. The number of rotatable bonds is 11. The molecule has 1 rings (SSSR count). The molecule has 0 aliphatic heterocycles. The van der Waals surface area contributed by atoms with Gasteiger partial charge in [-0.15, -0.1) is 0 Å². The lowest BCUT2D eigenvalue weighted by Crippen LogP contribution is -2.17. The van der Waals surface area contributed by atoms with Gasteiger partial charge in [-0.25, -0.2) is 8.42 Å². The van der Waals surface area contributed by atoms with Gasteiger partial charge in [0.05, 0.1) is 24.7 Å². The van der Waals surface area contributed by atoms with E-state index in [1.165, 1.54) is 0 Å². The molecule has 0 aromatic heterocycles. The van der Waals surface area contributed by atoms with Crippen molar-refractivity contribution in [1.82, 2.24) is 0 Å². The highest BCUT2D eigenvalue weighted by Gasteiger charge is 2.15. The van der Waals surface area contributed by atoms with Crippen LogP contribution >= 0.6 is 0 Å². The molecule has 0 amide bonds. The third-order valence-electron chi connectivity index (χ3n) is 3.68. The summed E-state index contributed by atoms with van der Waals surface area (Å²) < 4.78 is 28.4. The Morgan fingerprint density at radius 2 is 1.78 bits per heavy atom. The highest BCUT2D eigenvalue weighted by Crippen LogP contribution is 2.15. The zero-order valence-corrected chi connectivity index (χ0v) is 15.0. The maximum Gasteiger partial charge on any atom is 0.152 e. The maximum atomic E-state index is 11.8. The minimum absolute atomic E-state index is 0.132. The average molecular weight is 341 g/mol. The number of methoxy groups -OCH3 is 1. The number of anilines is 1. The highest BCUT2D eigenvalue weighted by molar-refractivity contribution is 7.91. The van der Waals surface area contributed by atoms with Crippen molar-refractivity contribution in [3.63, 3.8) is 0 Å². The molecule has 1 N–H and O–H groups in total. The average Bonchev–Trinajstić information content (AvgIpc) is 2.52. The number of unbranched alkanes of at least 4 members (excludes halogenated alkanes) is 2. The number of carbonyl (C=O) groups excluding carboxylic acids is 1. The van der Waals surface area contributed by atoms with Crippen molar-refractivity contribution in [3.8, 4) is 5.75 Å². The number of hydrogen-bond acceptors (Lipinski definition) is 5. The molecule has 130 valence electrons. The third-order valence-corrected chi connectivity index (χ3v) is 5.98. The number of nitrogens with one attached hydrogen (secondary N) is 1. The van der Waals surface area contributed by atoms with Crippen molar-refractivity contribution >= 4 is 21.3 Å². The smallest absolute Gasteiger partial charge is 0.152 e. The number of benzene rings is 1. The largest absolute Gasteiger partial charge is 0.497 e. The van der Waals surface area contributed by atoms with Gasteiger partial charge < -0.3 is 10.1 Å². The molecule has 0 radical (unpaired) electrons. The first kappa shape index (κ1) is 19.5. The van der Waals surface area contributed by atoms with Gasteiger partial charge in [0.2, 0.25) is 0 Å². The molecule has 0 atom stereocenters. The molecule has 0 heterocycles. The van der Waals surface area contributed by atoms with Gasteiger partial charge in [-0.1, -0.05) is 6.42 Å². The Kier molecular flexibility index (Phi) is 8.09. The molecular weight excluding hydrogens is 314 g/mol. The molecule has 0 saturated carbocycles. The second-order valence-electron chi connectivity index (χ2n) is 5.85. The van der Waals surface area contributed by atoms with E-state index < -0.39 is 9.84 Å². The molecule has 5 nitrogen and oxygen atoms in total. The highest BCUT2D eigenvalue weighted by atomic mass is 32.2. The van der Waals surface area contributed by atoms with Gasteiger partial charge in [0.15, 0.2) is 15.6 Å². The minimum Gasteiger partial charge on any atom is -0.497 e. The van der Waals surface area contributed by atoms with Crippen LogP contribution in [0.4, 0.5) is 5.69 Å². The molecule has 0 fully saturated rings. The van der Waals surface area contributed by atoms with E-state index >= 15 is 0 Å². The van der Waals surface area contributed by atoms with Crippen molar-refractivity contribution in [1.29, 1.82) is 0 Å². The van der Waals surface area contributed by atoms with Crippen LogP contribution in [0.15, 0.2) is 24.3 Å². The third kappa shape index (κ3) is 7.50. The van der Waals surface area contributed by atoms with Gasteiger partial charge in [0, 0.05) is 12.1 Å². The predicted octanol–water partition coefficient (Wildman–Crippen LogP) is 3.06. The first-order valence-corrected chi connectivity index (χ1v) is 9.68. The normalized spacial score (nSPS) is 11.5. The van der Waals surface area contributed by atoms with Crippen LogP contribution in [-0.4, -0.2) is 38.9 Å².